The van der Waals surface area contributed by atoms with E-state index in [4.69, 9.17) is 4.74 Å². The first kappa shape index (κ1) is 13.8. The van der Waals surface area contributed by atoms with Crippen LogP contribution in [0.4, 0.5) is 4.79 Å². The van der Waals surface area contributed by atoms with Gasteiger partial charge >= 0.3 is 12.0 Å². The van der Waals surface area contributed by atoms with Gasteiger partial charge in [-0.2, -0.15) is 0 Å². The molecule has 1 N–H and O–H groups in total. The lowest BCUT2D eigenvalue weighted by Gasteiger charge is -2.31. The standard InChI is InChI=1S/C12H22N2O3/c1-8(2)9(10(15)17-12(3,4)5)14-7-6-13-11(14)16/h8-9H,6-7H2,1-5H3,(H,13,16)/t9-/m0/s1. The van der Waals surface area contributed by atoms with Crippen molar-refractivity contribution in [2.24, 2.45) is 5.92 Å². The molecule has 2 amide bonds. The molecule has 0 unspecified atom stereocenters. The molecular formula is C12H22N2O3. The summed E-state index contributed by atoms with van der Waals surface area (Å²) in [6.07, 6.45) is 0. The zero-order valence-electron chi connectivity index (χ0n) is 11.2. The second-order valence-electron chi connectivity index (χ2n) is 5.65. The highest BCUT2D eigenvalue weighted by Crippen LogP contribution is 2.18. The molecule has 1 rings (SSSR count). The van der Waals surface area contributed by atoms with Gasteiger partial charge in [0, 0.05) is 13.1 Å². The van der Waals surface area contributed by atoms with Gasteiger partial charge in [0.05, 0.1) is 0 Å². The number of hydrogen-bond donors (Lipinski definition) is 1. The van der Waals surface area contributed by atoms with Crippen LogP contribution in [0.15, 0.2) is 0 Å². The van der Waals surface area contributed by atoms with Crippen molar-refractivity contribution in [2.75, 3.05) is 13.1 Å². The summed E-state index contributed by atoms with van der Waals surface area (Å²) in [5.41, 5.74) is -0.527. The molecule has 5 nitrogen and oxygen atoms in total. The van der Waals surface area contributed by atoms with Crippen LogP contribution in [0, 0.1) is 5.92 Å². The Morgan fingerprint density at radius 3 is 2.35 bits per heavy atom. The van der Waals surface area contributed by atoms with Crippen LogP contribution in [0.25, 0.3) is 0 Å². The van der Waals surface area contributed by atoms with Crippen LogP contribution in [0.3, 0.4) is 0 Å². The zero-order chi connectivity index (χ0) is 13.2. The molecule has 1 heterocycles. The zero-order valence-corrected chi connectivity index (χ0v) is 11.2. The number of carbonyl (C=O) groups is 2. The number of nitrogens with zero attached hydrogens (tertiary/aromatic N) is 1. The Labute approximate surface area is 102 Å². The summed E-state index contributed by atoms with van der Waals surface area (Å²) in [7, 11) is 0. The number of esters is 1. The molecule has 5 heteroatoms. The van der Waals surface area contributed by atoms with E-state index < -0.39 is 11.6 Å². The highest BCUT2D eigenvalue weighted by Gasteiger charge is 2.37. The minimum absolute atomic E-state index is 0.0358. The highest BCUT2D eigenvalue weighted by atomic mass is 16.6. The molecule has 0 aromatic rings. The molecule has 0 spiro atoms. The van der Waals surface area contributed by atoms with Gasteiger partial charge in [-0.25, -0.2) is 9.59 Å². The van der Waals surface area contributed by atoms with Gasteiger partial charge in [-0.3, -0.25) is 0 Å². The number of ether oxygens (including phenoxy) is 1. The predicted octanol–water partition coefficient (Wildman–Crippen LogP) is 1.38. The number of carbonyl (C=O) groups excluding carboxylic acids is 2. The molecule has 0 radical (unpaired) electrons. The van der Waals surface area contributed by atoms with Gasteiger partial charge in [0.15, 0.2) is 0 Å². The lowest BCUT2D eigenvalue weighted by Crippen LogP contribution is -2.48. The third-order valence-corrected chi connectivity index (χ3v) is 2.51. The van der Waals surface area contributed by atoms with Gasteiger partial charge in [0.2, 0.25) is 0 Å². The van der Waals surface area contributed by atoms with Gasteiger partial charge in [0.1, 0.15) is 11.6 Å². The summed E-state index contributed by atoms with van der Waals surface area (Å²) in [4.78, 5) is 25.2. The minimum Gasteiger partial charge on any atom is -0.458 e. The van der Waals surface area contributed by atoms with Gasteiger partial charge in [-0.15, -0.1) is 0 Å². The third kappa shape index (κ3) is 3.61. The second kappa shape index (κ2) is 4.94. The highest BCUT2D eigenvalue weighted by molar-refractivity contribution is 5.85. The van der Waals surface area contributed by atoms with E-state index >= 15 is 0 Å². The van der Waals surface area contributed by atoms with Crippen molar-refractivity contribution < 1.29 is 14.3 Å². The van der Waals surface area contributed by atoms with Crippen molar-refractivity contribution in [2.45, 2.75) is 46.3 Å². The Morgan fingerprint density at radius 2 is 2.00 bits per heavy atom. The maximum Gasteiger partial charge on any atom is 0.329 e. The van der Waals surface area contributed by atoms with Crippen molar-refractivity contribution in [1.82, 2.24) is 10.2 Å². The molecule has 1 saturated heterocycles. The number of rotatable bonds is 3. The second-order valence-corrected chi connectivity index (χ2v) is 5.65. The quantitative estimate of drug-likeness (QED) is 0.761. The van der Waals surface area contributed by atoms with Crippen LogP contribution in [0.1, 0.15) is 34.6 Å². The maximum absolute atomic E-state index is 12.1. The summed E-state index contributed by atoms with van der Waals surface area (Å²) in [6, 6.07) is -0.689. The Morgan fingerprint density at radius 1 is 1.41 bits per heavy atom. The molecule has 1 atom stereocenters. The fourth-order valence-corrected chi connectivity index (χ4v) is 1.87. The lowest BCUT2D eigenvalue weighted by molar-refractivity contribution is -0.161. The predicted molar refractivity (Wildman–Crippen MR) is 64.6 cm³/mol. The smallest absolute Gasteiger partial charge is 0.329 e. The number of amides is 2. The van der Waals surface area contributed by atoms with Crippen molar-refractivity contribution in [3.63, 3.8) is 0 Å². The Hall–Kier alpha value is -1.26. The van der Waals surface area contributed by atoms with Crippen molar-refractivity contribution in [1.29, 1.82) is 0 Å². The first-order chi connectivity index (χ1) is 7.72. The van der Waals surface area contributed by atoms with Gasteiger partial charge < -0.3 is 15.0 Å². The van der Waals surface area contributed by atoms with Crippen LogP contribution in [0.2, 0.25) is 0 Å². The molecule has 1 fully saturated rings. The molecular weight excluding hydrogens is 220 g/mol. The SMILES string of the molecule is CC(C)[C@@H](C(=O)OC(C)(C)C)N1CCNC1=O. The molecule has 1 aliphatic heterocycles. The van der Waals surface area contributed by atoms with E-state index in [1.165, 1.54) is 0 Å². The lowest BCUT2D eigenvalue weighted by atomic mass is 10.0. The van der Waals surface area contributed by atoms with E-state index in [9.17, 15) is 9.59 Å². The Balaban J connectivity index is 2.79. The largest absolute Gasteiger partial charge is 0.458 e. The van der Waals surface area contributed by atoms with E-state index in [2.05, 4.69) is 5.32 Å². The van der Waals surface area contributed by atoms with Crippen LogP contribution >= 0.6 is 0 Å². The molecule has 0 bridgehead atoms. The Bertz CT molecular complexity index is 307. The van der Waals surface area contributed by atoms with Crippen molar-refractivity contribution in [3.8, 4) is 0 Å². The summed E-state index contributed by atoms with van der Waals surface area (Å²) in [5, 5.41) is 2.70. The monoisotopic (exact) mass is 242 g/mol. The van der Waals surface area contributed by atoms with E-state index in [-0.39, 0.29) is 17.9 Å². The molecule has 17 heavy (non-hydrogen) atoms. The van der Waals surface area contributed by atoms with Gasteiger partial charge in [0.25, 0.3) is 0 Å². The average molecular weight is 242 g/mol. The van der Waals surface area contributed by atoms with Crippen molar-refractivity contribution in [3.05, 3.63) is 0 Å². The number of hydrogen-bond acceptors (Lipinski definition) is 3. The minimum atomic E-state index is -0.527. The maximum atomic E-state index is 12.1. The molecule has 0 aromatic carbocycles. The number of nitrogens with one attached hydrogen (secondary N) is 1. The fraction of sp³-hybridized carbons (Fsp3) is 0.833. The molecule has 0 saturated carbocycles. The topological polar surface area (TPSA) is 58.6 Å². The van der Waals surface area contributed by atoms with Crippen LogP contribution in [-0.2, 0) is 9.53 Å². The molecule has 98 valence electrons. The summed E-state index contributed by atoms with van der Waals surface area (Å²) in [5.74, 6) is -0.293. The van der Waals surface area contributed by atoms with Crippen molar-refractivity contribution >= 4 is 12.0 Å². The summed E-state index contributed by atoms with van der Waals surface area (Å²) >= 11 is 0. The van der Waals surface area contributed by atoms with Crippen LogP contribution in [-0.4, -0.2) is 41.6 Å². The molecule has 0 aliphatic carbocycles. The normalized spacial score (nSPS) is 18.2. The van der Waals surface area contributed by atoms with Gasteiger partial charge in [-0.05, 0) is 26.7 Å². The van der Waals surface area contributed by atoms with Crippen LogP contribution < -0.4 is 5.32 Å². The summed E-state index contributed by atoms with van der Waals surface area (Å²) in [6.45, 7) is 10.5. The first-order valence-corrected chi connectivity index (χ1v) is 5.99. The van der Waals surface area contributed by atoms with E-state index in [0.29, 0.717) is 13.1 Å². The average Bonchev–Trinajstić information content (AvgIpc) is 2.48. The fourth-order valence-electron chi connectivity index (χ4n) is 1.87. The van der Waals surface area contributed by atoms with E-state index in [1.54, 1.807) is 4.90 Å². The molecule has 1 aliphatic rings. The molecule has 0 aromatic heterocycles. The van der Waals surface area contributed by atoms with Gasteiger partial charge in [-0.1, -0.05) is 13.8 Å². The number of urea groups is 1. The first-order valence-electron chi connectivity index (χ1n) is 5.99. The summed E-state index contributed by atoms with van der Waals surface area (Å²) < 4.78 is 5.36. The van der Waals surface area contributed by atoms with Crippen LogP contribution in [0.5, 0.6) is 0 Å². The third-order valence-electron chi connectivity index (χ3n) is 2.51. The Kier molecular flexibility index (Phi) is 4.01. The van der Waals surface area contributed by atoms with E-state index in [0.717, 1.165) is 0 Å². The van der Waals surface area contributed by atoms with E-state index in [1.807, 2.05) is 34.6 Å².